The van der Waals surface area contributed by atoms with Gasteiger partial charge in [-0.05, 0) is 48.4 Å². The second-order valence-electron chi connectivity index (χ2n) is 7.86. The number of likely N-dealkylation sites (tertiary alicyclic amines) is 1. The number of nitrogens with zero attached hydrogens (tertiary/aromatic N) is 3. The molecular weight excluding hydrogens is 396 g/mol. The summed E-state index contributed by atoms with van der Waals surface area (Å²) in [4.78, 5) is 37.0. The minimum atomic E-state index is -0.196. The third-order valence-electron chi connectivity index (χ3n) is 5.52. The summed E-state index contributed by atoms with van der Waals surface area (Å²) in [6.45, 7) is 0.686. The van der Waals surface area contributed by atoms with E-state index in [0.29, 0.717) is 24.5 Å². The lowest BCUT2D eigenvalue weighted by atomic mass is 9.99. The van der Waals surface area contributed by atoms with Crippen molar-refractivity contribution in [2.75, 3.05) is 25.5 Å². The summed E-state index contributed by atoms with van der Waals surface area (Å²) >= 11 is 1.57. The summed E-state index contributed by atoms with van der Waals surface area (Å²) in [5, 5.41) is 3.95. The van der Waals surface area contributed by atoms with Crippen LogP contribution in [0.3, 0.4) is 0 Å². The van der Waals surface area contributed by atoms with E-state index in [1.165, 1.54) is 6.07 Å². The van der Waals surface area contributed by atoms with Crippen molar-refractivity contribution < 1.29 is 4.79 Å². The first-order valence-electron chi connectivity index (χ1n) is 10.2. The second kappa shape index (κ2) is 8.83. The molecular formula is C23H26N4O2S. The second-order valence-corrected chi connectivity index (χ2v) is 8.64. The number of aromatic amines is 1. The van der Waals surface area contributed by atoms with Crippen molar-refractivity contribution in [3.8, 4) is 11.3 Å². The van der Waals surface area contributed by atoms with Gasteiger partial charge in [0.1, 0.15) is 5.82 Å². The minimum absolute atomic E-state index is 0.0703. The van der Waals surface area contributed by atoms with Crippen LogP contribution in [-0.4, -0.2) is 41.4 Å². The highest BCUT2D eigenvalue weighted by molar-refractivity contribution is 7.08. The van der Waals surface area contributed by atoms with Crippen molar-refractivity contribution >= 4 is 22.9 Å². The van der Waals surface area contributed by atoms with Gasteiger partial charge in [0, 0.05) is 43.3 Å². The number of H-pyrrole nitrogens is 1. The van der Waals surface area contributed by atoms with E-state index in [2.05, 4.69) is 4.98 Å². The Kier molecular flexibility index (Phi) is 5.99. The molecule has 1 amide bonds. The van der Waals surface area contributed by atoms with Crippen LogP contribution in [0.25, 0.3) is 11.3 Å². The number of amides is 1. The van der Waals surface area contributed by atoms with E-state index < -0.39 is 0 Å². The highest BCUT2D eigenvalue weighted by Gasteiger charge is 2.30. The number of hydrogen-bond donors (Lipinski definition) is 1. The third kappa shape index (κ3) is 4.46. The minimum Gasteiger partial charge on any atom is -0.378 e. The van der Waals surface area contributed by atoms with Gasteiger partial charge >= 0.3 is 0 Å². The number of rotatable bonds is 5. The maximum Gasteiger partial charge on any atom is 0.251 e. The standard InChI is InChI=1S/C23H26N4O2S/c1-26(2)18-8-6-16(7-9-18)13-22(29)27-11-4-3-5-20(27)23-24-19(14-21(28)25-23)17-10-12-30-15-17/h6-10,12,14-15,20H,3-5,11,13H2,1-2H3,(H,24,25,28)/t20-/m1/s1. The van der Waals surface area contributed by atoms with Gasteiger partial charge in [-0.3, -0.25) is 9.59 Å². The molecule has 6 nitrogen and oxygen atoms in total. The van der Waals surface area contributed by atoms with Crippen LogP contribution in [0.5, 0.6) is 0 Å². The summed E-state index contributed by atoms with van der Waals surface area (Å²) in [6, 6.07) is 11.3. The predicted octanol–water partition coefficient (Wildman–Crippen LogP) is 3.86. The Morgan fingerprint density at radius 2 is 2.03 bits per heavy atom. The Morgan fingerprint density at radius 3 is 2.73 bits per heavy atom. The Balaban J connectivity index is 1.57. The van der Waals surface area contributed by atoms with Gasteiger partial charge in [0.2, 0.25) is 5.91 Å². The summed E-state index contributed by atoms with van der Waals surface area (Å²) < 4.78 is 0. The van der Waals surface area contributed by atoms with Crippen LogP contribution in [0, 0.1) is 0 Å². The van der Waals surface area contributed by atoms with Crippen molar-refractivity contribution in [2.45, 2.75) is 31.7 Å². The average Bonchev–Trinajstić information content (AvgIpc) is 3.29. The SMILES string of the molecule is CN(C)c1ccc(CC(=O)N2CCCC[C@@H]2c2nc(-c3ccsc3)cc(=O)[nH]2)cc1. The molecule has 1 aromatic carbocycles. The Hall–Kier alpha value is -2.93. The van der Waals surface area contributed by atoms with Crippen molar-refractivity contribution in [2.24, 2.45) is 0 Å². The molecule has 1 N–H and O–H groups in total. The van der Waals surface area contributed by atoms with Gasteiger partial charge in [0.05, 0.1) is 18.2 Å². The van der Waals surface area contributed by atoms with Crippen LogP contribution in [0.4, 0.5) is 5.69 Å². The monoisotopic (exact) mass is 422 g/mol. The summed E-state index contributed by atoms with van der Waals surface area (Å²) in [7, 11) is 3.99. The molecule has 7 heteroatoms. The number of piperidine rings is 1. The molecule has 1 saturated heterocycles. The molecule has 1 fully saturated rings. The van der Waals surface area contributed by atoms with Crippen LogP contribution >= 0.6 is 11.3 Å². The van der Waals surface area contributed by atoms with Gasteiger partial charge in [-0.2, -0.15) is 11.3 Å². The average molecular weight is 423 g/mol. The number of benzene rings is 1. The topological polar surface area (TPSA) is 69.3 Å². The van der Waals surface area contributed by atoms with Crippen LogP contribution in [0.2, 0.25) is 0 Å². The van der Waals surface area contributed by atoms with Crippen LogP contribution in [0.15, 0.2) is 52.0 Å². The molecule has 0 radical (unpaired) electrons. The number of anilines is 1. The summed E-state index contributed by atoms with van der Waals surface area (Å²) in [5.41, 5.74) is 3.50. The van der Waals surface area contributed by atoms with E-state index in [0.717, 1.165) is 36.1 Å². The van der Waals surface area contributed by atoms with Crippen molar-refractivity contribution in [1.82, 2.24) is 14.9 Å². The highest BCUT2D eigenvalue weighted by Crippen LogP contribution is 2.30. The molecule has 156 valence electrons. The maximum absolute atomic E-state index is 13.2. The molecule has 2 aromatic heterocycles. The lowest BCUT2D eigenvalue weighted by molar-refractivity contribution is -0.134. The number of nitrogens with one attached hydrogen (secondary N) is 1. The molecule has 1 atom stereocenters. The van der Waals surface area contributed by atoms with Crippen LogP contribution in [0.1, 0.15) is 36.7 Å². The molecule has 0 saturated carbocycles. The predicted molar refractivity (Wildman–Crippen MR) is 121 cm³/mol. The fourth-order valence-electron chi connectivity index (χ4n) is 3.89. The molecule has 1 aliphatic rings. The number of thiophene rings is 1. The van der Waals surface area contributed by atoms with E-state index in [1.807, 2.05) is 65.0 Å². The van der Waals surface area contributed by atoms with Crippen molar-refractivity contribution in [3.05, 3.63) is 68.9 Å². The summed E-state index contributed by atoms with van der Waals surface area (Å²) in [6.07, 6.45) is 3.13. The fraction of sp³-hybridized carbons (Fsp3) is 0.348. The Morgan fingerprint density at radius 1 is 1.23 bits per heavy atom. The first-order chi connectivity index (χ1) is 14.5. The Bertz CT molecular complexity index is 1060. The highest BCUT2D eigenvalue weighted by atomic mass is 32.1. The van der Waals surface area contributed by atoms with Gasteiger partial charge < -0.3 is 14.8 Å². The summed E-state index contributed by atoms with van der Waals surface area (Å²) in [5.74, 6) is 0.653. The van der Waals surface area contributed by atoms with Gasteiger partial charge in [-0.1, -0.05) is 12.1 Å². The van der Waals surface area contributed by atoms with E-state index in [1.54, 1.807) is 11.3 Å². The molecule has 30 heavy (non-hydrogen) atoms. The van der Waals surface area contributed by atoms with Crippen LogP contribution in [-0.2, 0) is 11.2 Å². The lowest BCUT2D eigenvalue weighted by Gasteiger charge is -2.35. The molecule has 0 aliphatic carbocycles. The zero-order chi connectivity index (χ0) is 21.1. The number of aromatic nitrogens is 2. The molecule has 0 unspecified atom stereocenters. The van der Waals surface area contributed by atoms with E-state index in [9.17, 15) is 9.59 Å². The van der Waals surface area contributed by atoms with E-state index in [-0.39, 0.29) is 17.5 Å². The Labute approximate surface area is 180 Å². The molecule has 3 heterocycles. The van der Waals surface area contributed by atoms with Gasteiger partial charge in [0.25, 0.3) is 5.56 Å². The first kappa shape index (κ1) is 20.3. The number of carbonyl (C=O) groups excluding carboxylic acids is 1. The normalized spacial score (nSPS) is 16.5. The molecule has 4 rings (SSSR count). The molecule has 1 aliphatic heterocycles. The molecule has 0 spiro atoms. The third-order valence-corrected chi connectivity index (χ3v) is 6.21. The first-order valence-corrected chi connectivity index (χ1v) is 11.1. The number of carbonyl (C=O) groups is 1. The zero-order valence-corrected chi connectivity index (χ0v) is 18.1. The quantitative estimate of drug-likeness (QED) is 0.678. The van der Waals surface area contributed by atoms with E-state index in [4.69, 9.17) is 4.98 Å². The number of hydrogen-bond acceptors (Lipinski definition) is 5. The van der Waals surface area contributed by atoms with Gasteiger partial charge in [-0.25, -0.2) is 4.98 Å². The maximum atomic E-state index is 13.2. The van der Waals surface area contributed by atoms with Crippen LogP contribution < -0.4 is 10.5 Å². The van der Waals surface area contributed by atoms with Crippen molar-refractivity contribution in [3.63, 3.8) is 0 Å². The lowest BCUT2D eigenvalue weighted by Crippen LogP contribution is -2.40. The molecule has 3 aromatic rings. The van der Waals surface area contributed by atoms with Gasteiger partial charge in [-0.15, -0.1) is 0 Å². The fourth-order valence-corrected chi connectivity index (χ4v) is 4.54. The van der Waals surface area contributed by atoms with Crippen molar-refractivity contribution in [1.29, 1.82) is 0 Å². The van der Waals surface area contributed by atoms with E-state index >= 15 is 0 Å². The zero-order valence-electron chi connectivity index (χ0n) is 17.3. The van der Waals surface area contributed by atoms with Gasteiger partial charge in [0.15, 0.2) is 0 Å². The molecule has 0 bridgehead atoms. The smallest absolute Gasteiger partial charge is 0.251 e. The largest absolute Gasteiger partial charge is 0.378 e.